The molecule has 0 fully saturated rings. The maximum Gasteiger partial charge on any atom is 0.490 e. The van der Waals surface area contributed by atoms with Gasteiger partial charge < -0.3 is 30.4 Å². The number of nitrogens with one attached hydrogen (secondary N) is 4. The van der Waals surface area contributed by atoms with E-state index in [1.54, 1.807) is 42.5 Å². The summed E-state index contributed by atoms with van der Waals surface area (Å²) in [4.78, 5) is 24.4. The average molecular weight is 670 g/mol. The van der Waals surface area contributed by atoms with Crippen molar-refractivity contribution >= 4 is 33.4 Å². The Kier molecular flexibility index (Phi) is 13.2. The van der Waals surface area contributed by atoms with Gasteiger partial charge in [-0.25, -0.2) is 13.2 Å². The Hall–Kier alpha value is -5.03. The predicted octanol–water partition coefficient (Wildman–Crippen LogP) is 3.96. The normalized spacial score (nSPS) is 11.8. The van der Waals surface area contributed by atoms with Gasteiger partial charge in [-0.3, -0.25) is 15.6 Å². The van der Waals surface area contributed by atoms with Crippen LogP contribution < -0.4 is 35.5 Å². The lowest BCUT2D eigenvalue weighted by molar-refractivity contribution is -0.192. The number of carbonyl (C=O) groups excluding carboxylic acids is 1. The van der Waals surface area contributed by atoms with Crippen LogP contribution in [0.3, 0.4) is 0 Å². The number of anilines is 1. The third-order valence-corrected chi connectivity index (χ3v) is 6.92. The summed E-state index contributed by atoms with van der Waals surface area (Å²) < 4.78 is 73.9. The number of amidine groups is 1. The van der Waals surface area contributed by atoms with Crippen molar-refractivity contribution in [3.63, 3.8) is 0 Å². The Bertz CT molecular complexity index is 1600. The highest BCUT2D eigenvalue weighted by molar-refractivity contribution is 7.89. The molecule has 1 atom stereocenters. The summed E-state index contributed by atoms with van der Waals surface area (Å²) in [5, 5.41) is 17.8. The highest BCUT2D eigenvalue weighted by Gasteiger charge is 2.38. The van der Waals surface area contributed by atoms with Crippen LogP contribution in [0.2, 0.25) is 0 Å². The number of methoxy groups -OCH3 is 1. The largest absolute Gasteiger partial charge is 0.497 e. The molecule has 13 nitrogen and oxygen atoms in total. The van der Waals surface area contributed by atoms with Gasteiger partial charge in [0.1, 0.15) is 17.6 Å². The van der Waals surface area contributed by atoms with E-state index in [-0.39, 0.29) is 16.8 Å². The molecule has 250 valence electrons. The van der Waals surface area contributed by atoms with E-state index >= 15 is 0 Å². The molecule has 0 aliphatic carbocycles. The molecule has 0 saturated heterocycles. The zero-order chi connectivity index (χ0) is 34.7. The fourth-order valence-corrected chi connectivity index (χ4v) is 4.39. The molecular weight excluding hydrogens is 635 g/mol. The van der Waals surface area contributed by atoms with Gasteiger partial charge in [-0.2, -0.15) is 13.2 Å². The molecule has 0 aromatic heterocycles. The molecule has 0 aliphatic heterocycles. The van der Waals surface area contributed by atoms with Gasteiger partial charge in [0.25, 0.3) is 15.9 Å². The molecule has 46 heavy (non-hydrogen) atoms. The zero-order valence-electron chi connectivity index (χ0n) is 25.1. The zero-order valence-corrected chi connectivity index (χ0v) is 26.0. The van der Waals surface area contributed by atoms with E-state index < -0.39 is 34.1 Å². The van der Waals surface area contributed by atoms with Gasteiger partial charge in [-0.15, -0.1) is 4.83 Å². The number of amides is 1. The van der Waals surface area contributed by atoms with Crippen LogP contribution in [0.25, 0.3) is 0 Å². The number of alkyl halides is 3. The minimum absolute atomic E-state index is 0.0539. The number of carboxylic acids is 1. The number of halogens is 3. The number of nitrogen functional groups attached to an aromatic ring is 1. The molecule has 3 aromatic carbocycles. The molecular formula is C29H34F3N5O8S. The Morgan fingerprint density at radius 2 is 1.59 bits per heavy atom. The molecule has 0 radical (unpaired) electrons. The number of benzene rings is 3. The maximum absolute atomic E-state index is 13.4. The molecule has 7 N–H and O–H groups in total. The van der Waals surface area contributed by atoms with Gasteiger partial charge in [-0.05, 0) is 87.0 Å². The monoisotopic (exact) mass is 669 g/mol. The van der Waals surface area contributed by atoms with Crippen molar-refractivity contribution in [1.82, 2.24) is 10.3 Å². The quantitative estimate of drug-likeness (QED) is 0.0879. The Balaban J connectivity index is 0.000000942. The van der Waals surface area contributed by atoms with Crippen molar-refractivity contribution in [2.24, 2.45) is 5.73 Å². The number of ether oxygens (including phenoxy) is 3. The highest BCUT2D eigenvalue weighted by Crippen LogP contribution is 2.33. The second-order valence-electron chi connectivity index (χ2n) is 9.45. The number of hydrazine groups is 1. The van der Waals surface area contributed by atoms with Crippen molar-refractivity contribution in [1.29, 1.82) is 5.41 Å². The lowest BCUT2D eigenvalue weighted by Gasteiger charge is -2.22. The first-order valence-electron chi connectivity index (χ1n) is 13.4. The second kappa shape index (κ2) is 16.3. The SMILES string of the molecule is CCOc1cc(C(Nc2ccc(C(=N)N)cc2)C(=O)NNS(=O)(=O)c2ccc(OC)cc2)ccc1OC(C)C.O=C(O)C(F)(F)F. The summed E-state index contributed by atoms with van der Waals surface area (Å²) in [7, 11) is -2.60. The van der Waals surface area contributed by atoms with E-state index in [4.69, 9.17) is 35.3 Å². The van der Waals surface area contributed by atoms with E-state index in [0.717, 1.165) is 0 Å². The topological polar surface area (TPSA) is 202 Å². The van der Waals surface area contributed by atoms with E-state index in [1.807, 2.05) is 20.8 Å². The first kappa shape index (κ1) is 37.2. The third-order valence-electron chi connectivity index (χ3n) is 5.65. The molecule has 0 saturated carbocycles. The van der Waals surface area contributed by atoms with Crippen LogP contribution in [0, 0.1) is 5.41 Å². The van der Waals surface area contributed by atoms with Crippen molar-refractivity contribution in [3.05, 3.63) is 77.9 Å². The predicted molar refractivity (Wildman–Crippen MR) is 162 cm³/mol. The van der Waals surface area contributed by atoms with Crippen LogP contribution in [0.1, 0.15) is 37.9 Å². The first-order valence-corrected chi connectivity index (χ1v) is 14.9. The van der Waals surface area contributed by atoms with E-state index in [1.165, 1.54) is 31.4 Å². The second-order valence-corrected chi connectivity index (χ2v) is 11.1. The van der Waals surface area contributed by atoms with Crippen LogP contribution in [-0.2, 0) is 19.6 Å². The number of hydrogen-bond acceptors (Lipinski definition) is 9. The van der Waals surface area contributed by atoms with Crippen LogP contribution in [0.5, 0.6) is 17.2 Å². The number of carbonyl (C=O) groups is 2. The van der Waals surface area contributed by atoms with Crippen molar-refractivity contribution in [2.45, 2.75) is 44.0 Å². The smallest absolute Gasteiger partial charge is 0.490 e. The van der Waals surface area contributed by atoms with Gasteiger partial charge in [-0.1, -0.05) is 6.07 Å². The highest BCUT2D eigenvalue weighted by atomic mass is 32.2. The Labute approximate surface area is 263 Å². The van der Waals surface area contributed by atoms with E-state index in [2.05, 4.69) is 15.6 Å². The molecule has 3 rings (SSSR count). The van der Waals surface area contributed by atoms with Crippen molar-refractivity contribution in [2.75, 3.05) is 19.0 Å². The van der Waals surface area contributed by atoms with Gasteiger partial charge >= 0.3 is 12.1 Å². The molecule has 0 heterocycles. The van der Waals surface area contributed by atoms with Crippen LogP contribution in [-0.4, -0.2) is 57.2 Å². The number of hydrogen-bond donors (Lipinski definition) is 6. The van der Waals surface area contributed by atoms with Crippen molar-refractivity contribution < 1.29 is 50.5 Å². The molecule has 1 amide bonds. The lowest BCUT2D eigenvalue weighted by atomic mass is 10.0. The minimum Gasteiger partial charge on any atom is -0.497 e. The fraction of sp³-hybridized carbons (Fsp3) is 0.276. The molecule has 0 aliphatic rings. The summed E-state index contributed by atoms with van der Waals surface area (Å²) in [5.74, 6) is -2.08. The third kappa shape index (κ3) is 11.2. The van der Waals surface area contributed by atoms with Gasteiger partial charge in [0.05, 0.1) is 24.7 Å². The van der Waals surface area contributed by atoms with Crippen molar-refractivity contribution in [3.8, 4) is 17.2 Å². The molecule has 0 spiro atoms. The average Bonchev–Trinajstić information content (AvgIpc) is 2.99. The van der Waals surface area contributed by atoms with Crippen LogP contribution in [0.4, 0.5) is 18.9 Å². The van der Waals surface area contributed by atoms with Gasteiger partial charge in [0.15, 0.2) is 11.5 Å². The first-order chi connectivity index (χ1) is 21.5. The Morgan fingerprint density at radius 1 is 1.00 bits per heavy atom. The summed E-state index contributed by atoms with van der Waals surface area (Å²) >= 11 is 0. The van der Waals surface area contributed by atoms with Crippen LogP contribution >= 0.6 is 0 Å². The summed E-state index contributed by atoms with van der Waals surface area (Å²) in [6.07, 6.45) is -5.18. The van der Waals surface area contributed by atoms with E-state index in [0.29, 0.717) is 40.7 Å². The number of sulfonamides is 1. The molecule has 0 bridgehead atoms. The maximum atomic E-state index is 13.4. The Morgan fingerprint density at radius 3 is 2.07 bits per heavy atom. The fourth-order valence-electron chi connectivity index (χ4n) is 3.54. The minimum atomic E-state index is -5.08. The van der Waals surface area contributed by atoms with Gasteiger partial charge in [0, 0.05) is 11.3 Å². The van der Waals surface area contributed by atoms with E-state index in [9.17, 15) is 26.4 Å². The summed E-state index contributed by atoms with van der Waals surface area (Å²) in [6, 6.07) is 16.3. The number of aliphatic carboxylic acids is 1. The summed E-state index contributed by atoms with van der Waals surface area (Å²) in [5.41, 5.74) is 9.39. The number of nitrogens with two attached hydrogens (primary N) is 1. The standard InChI is InChI=1S/C27H33N5O6S.C2HF3O2/c1-5-37-24-16-19(8-15-23(24)38-17(2)3)25(30-20-9-6-18(7-10-20)26(28)29)27(33)31-32-39(34,35)22-13-11-21(36-4)12-14-22;3-2(4,5)1(6)7/h6-17,25,30,32H,5H2,1-4H3,(H3,28,29)(H,31,33);(H,6,7). The van der Waals surface area contributed by atoms with Crippen LogP contribution in [0.15, 0.2) is 71.6 Å². The molecule has 1 unspecified atom stereocenters. The number of rotatable bonds is 13. The molecule has 17 heteroatoms. The van der Waals surface area contributed by atoms with Gasteiger partial charge in [0.2, 0.25) is 0 Å². The lowest BCUT2D eigenvalue weighted by Crippen LogP contribution is -2.45. The molecule has 3 aromatic rings. The number of carboxylic acid groups (broad SMARTS) is 1. The summed E-state index contributed by atoms with van der Waals surface area (Å²) in [6.45, 7) is 5.98.